The van der Waals surface area contributed by atoms with Crippen molar-refractivity contribution in [1.29, 1.82) is 0 Å². The average molecular weight is 389 g/mol. The van der Waals surface area contributed by atoms with E-state index in [1.165, 1.54) is 0 Å². The van der Waals surface area contributed by atoms with Crippen molar-refractivity contribution >= 4 is 17.6 Å². The predicted octanol–water partition coefficient (Wildman–Crippen LogP) is 2.41. The van der Waals surface area contributed by atoms with Gasteiger partial charge in [0, 0.05) is 25.7 Å². The third kappa shape index (κ3) is 4.51. The molecule has 7 heteroatoms. The van der Waals surface area contributed by atoms with Crippen molar-refractivity contribution in [1.82, 2.24) is 16.0 Å². The SMILES string of the molecule is CCNC(=O)NC1(C(=O)NC2CCN(c3ccccc3OC)CC2)CCCC1. The number of amides is 3. The van der Waals surface area contributed by atoms with Crippen molar-refractivity contribution in [3.8, 4) is 5.75 Å². The van der Waals surface area contributed by atoms with Crippen LogP contribution in [-0.4, -0.2) is 50.3 Å². The number of benzene rings is 1. The molecule has 2 fully saturated rings. The monoisotopic (exact) mass is 388 g/mol. The molecule has 0 atom stereocenters. The van der Waals surface area contributed by atoms with E-state index in [0.717, 1.165) is 50.2 Å². The number of hydrogen-bond acceptors (Lipinski definition) is 4. The van der Waals surface area contributed by atoms with Gasteiger partial charge in [-0.2, -0.15) is 0 Å². The number of rotatable bonds is 6. The topological polar surface area (TPSA) is 82.7 Å². The minimum absolute atomic E-state index is 0.0352. The highest BCUT2D eigenvalue weighted by atomic mass is 16.5. The Bertz CT molecular complexity index is 680. The van der Waals surface area contributed by atoms with Crippen LogP contribution in [0.15, 0.2) is 24.3 Å². The summed E-state index contributed by atoms with van der Waals surface area (Å²) >= 11 is 0. The van der Waals surface area contributed by atoms with Crippen LogP contribution in [-0.2, 0) is 4.79 Å². The summed E-state index contributed by atoms with van der Waals surface area (Å²) in [7, 11) is 1.69. The summed E-state index contributed by atoms with van der Waals surface area (Å²) < 4.78 is 5.47. The summed E-state index contributed by atoms with van der Waals surface area (Å²) in [6.07, 6.45) is 5.09. The molecule has 7 nitrogen and oxygen atoms in total. The highest BCUT2D eigenvalue weighted by Gasteiger charge is 2.43. The summed E-state index contributed by atoms with van der Waals surface area (Å²) in [5, 5.41) is 8.90. The largest absolute Gasteiger partial charge is 0.495 e. The van der Waals surface area contributed by atoms with Gasteiger partial charge in [0.05, 0.1) is 12.8 Å². The molecule has 1 saturated carbocycles. The third-order valence-electron chi connectivity index (χ3n) is 5.84. The average Bonchev–Trinajstić information content (AvgIpc) is 3.18. The van der Waals surface area contributed by atoms with Crippen LogP contribution in [0, 0.1) is 0 Å². The molecule has 1 aromatic rings. The molecule has 0 radical (unpaired) electrons. The second-order valence-electron chi connectivity index (χ2n) is 7.68. The number of nitrogens with zero attached hydrogens (tertiary/aromatic N) is 1. The summed E-state index contributed by atoms with van der Waals surface area (Å²) in [5.41, 5.74) is 0.332. The van der Waals surface area contributed by atoms with Gasteiger partial charge in [-0.15, -0.1) is 0 Å². The minimum atomic E-state index is -0.765. The quantitative estimate of drug-likeness (QED) is 0.699. The Labute approximate surface area is 167 Å². The fourth-order valence-corrected chi connectivity index (χ4v) is 4.29. The zero-order valence-electron chi connectivity index (χ0n) is 16.9. The maximum absolute atomic E-state index is 13.0. The van der Waals surface area contributed by atoms with Gasteiger partial charge in [0.2, 0.25) is 5.91 Å². The Morgan fingerprint density at radius 3 is 2.50 bits per heavy atom. The Morgan fingerprint density at radius 2 is 1.86 bits per heavy atom. The van der Waals surface area contributed by atoms with E-state index in [-0.39, 0.29) is 18.0 Å². The van der Waals surface area contributed by atoms with Crippen LogP contribution in [0.5, 0.6) is 5.75 Å². The van der Waals surface area contributed by atoms with E-state index in [1.54, 1.807) is 7.11 Å². The second kappa shape index (κ2) is 9.17. The van der Waals surface area contributed by atoms with Crippen LogP contribution in [0.2, 0.25) is 0 Å². The maximum atomic E-state index is 13.0. The number of piperidine rings is 1. The third-order valence-corrected chi connectivity index (χ3v) is 5.84. The molecule has 2 aliphatic rings. The molecule has 28 heavy (non-hydrogen) atoms. The van der Waals surface area contributed by atoms with Gasteiger partial charge in [-0.1, -0.05) is 25.0 Å². The standard InChI is InChI=1S/C21H32N4O3/c1-3-22-20(27)24-21(12-6-7-13-21)19(26)23-16-10-14-25(15-11-16)17-8-4-5-9-18(17)28-2/h4-5,8-9,16H,3,6-7,10-15H2,1-2H3,(H,23,26)(H2,22,24,27). The molecular formula is C21H32N4O3. The number of methoxy groups -OCH3 is 1. The van der Waals surface area contributed by atoms with E-state index in [0.29, 0.717) is 19.4 Å². The first-order valence-corrected chi connectivity index (χ1v) is 10.3. The number of carbonyl (C=O) groups is 2. The molecule has 0 bridgehead atoms. The van der Waals surface area contributed by atoms with Gasteiger partial charge in [-0.05, 0) is 44.7 Å². The number of carbonyl (C=O) groups excluding carboxylic acids is 2. The van der Waals surface area contributed by atoms with Crippen LogP contribution >= 0.6 is 0 Å². The van der Waals surface area contributed by atoms with Crippen molar-refractivity contribution in [3.63, 3.8) is 0 Å². The van der Waals surface area contributed by atoms with Crippen LogP contribution in [0.4, 0.5) is 10.5 Å². The molecule has 3 amide bonds. The Balaban J connectivity index is 1.57. The van der Waals surface area contributed by atoms with E-state index in [1.807, 2.05) is 25.1 Å². The van der Waals surface area contributed by atoms with Crippen molar-refractivity contribution in [2.75, 3.05) is 31.6 Å². The molecule has 0 aromatic heterocycles. The summed E-state index contributed by atoms with van der Waals surface area (Å²) in [5.74, 6) is 0.841. The van der Waals surface area contributed by atoms with Crippen molar-refractivity contribution in [3.05, 3.63) is 24.3 Å². The van der Waals surface area contributed by atoms with E-state index in [9.17, 15) is 9.59 Å². The Kier molecular flexibility index (Phi) is 6.65. The van der Waals surface area contributed by atoms with E-state index < -0.39 is 5.54 Å². The Morgan fingerprint density at radius 1 is 1.18 bits per heavy atom. The molecule has 1 aliphatic carbocycles. The summed E-state index contributed by atoms with van der Waals surface area (Å²) in [4.78, 5) is 27.4. The smallest absolute Gasteiger partial charge is 0.315 e. The molecule has 1 heterocycles. The summed E-state index contributed by atoms with van der Waals surface area (Å²) in [6, 6.07) is 7.90. The normalized spacial score (nSPS) is 19.1. The highest BCUT2D eigenvalue weighted by Crippen LogP contribution is 2.32. The van der Waals surface area contributed by atoms with Gasteiger partial charge in [0.15, 0.2) is 0 Å². The zero-order chi connectivity index (χ0) is 20.0. The van der Waals surface area contributed by atoms with Gasteiger partial charge in [0.1, 0.15) is 11.3 Å². The first-order valence-electron chi connectivity index (χ1n) is 10.3. The number of anilines is 1. The van der Waals surface area contributed by atoms with E-state index >= 15 is 0 Å². The molecule has 0 unspecified atom stereocenters. The van der Waals surface area contributed by atoms with Crippen LogP contribution < -0.4 is 25.6 Å². The molecular weight excluding hydrogens is 356 g/mol. The lowest BCUT2D eigenvalue weighted by molar-refractivity contribution is -0.128. The fraction of sp³-hybridized carbons (Fsp3) is 0.619. The van der Waals surface area contributed by atoms with Gasteiger partial charge in [0.25, 0.3) is 0 Å². The number of urea groups is 1. The van der Waals surface area contributed by atoms with Crippen molar-refractivity contribution < 1.29 is 14.3 Å². The van der Waals surface area contributed by atoms with Crippen LogP contribution in [0.1, 0.15) is 45.4 Å². The Hall–Kier alpha value is -2.44. The summed E-state index contributed by atoms with van der Waals surface area (Å²) in [6.45, 7) is 4.14. The lowest BCUT2D eigenvalue weighted by atomic mass is 9.94. The number of para-hydroxylation sites is 2. The predicted molar refractivity (Wildman–Crippen MR) is 110 cm³/mol. The molecule has 3 N–H and O–H groups in total. The van der Waals surface area contributed by atoms with Crippen molar-refractivity contribution in [2.24, 2.45) is 0 Å². The first-order chi connectivity index (χ1) is 13.6. The first kappa shape index (κ1) is 20.3. The molecule has 0 spiro atoms. The molecule has 1 aromatic carbocycles. The number of nitrogens with one attached hydrogen (secondary N) is 3. The second-order valence-corrected chi connectivity index (χ2v) is 7.68. The van der Waals surface area contributed by atoms with Gasteiger partial charge >= 0.3 is 6.03 Å². The fourth-order valence-electron chi connectivity index (χ4n) is 4.29. The van der Waals surface area contributed by atoms with E-state index in [2.05, 4.69) is 26.9 Å². The maximum Gasteiger partial charge on any atom is 0.315 e. The van der Waals surface area contributed by atoms with Gasteiger partial charge in [-0.3, -0.25) is 4.79 Å². The highest BCUT2D eigenvalue weighted by molar-refractivity contribution is 5.91. The zero-order valence-corrected chi connectivity index (χ0v) is 16.9. The lowest BCUT2D eigenvalue weighted by Crippen LogP contribution is -2.61. The lowest BCUT2D eigenvalue weighted by Gasteiger charge is -2.37. The molecule has 1 aliphatic heterocycles. The molecule has 154 valence electrons. The van der Waals surface area contributed by atoms with Crippen LogP contribution in [0.3, 0.4) is 0 Å². The molecule has 1 saturated heterocycles. The van der Waals surface area contributed by atoms with Crippen molar-refractivity contribution in [2.45, 2.75) is 57.0 Å². The van der Waals surface area contributed by atoms with Gasteiger partial charge < -0.3 is 25.6 Å². The van der Waals surface area contributed by atoms with Crippen LogP contribution in [0.25, 0.3) is 0 Å². The molecule has 3 rings (SSSR count). The number of hydrogen-bond donors (Lipinski definition) is 3. The van der Waals surface area contributed by atoms with Gasteiger partial charge in [-0.25, -0.2) is 4.79 Å². The number of ether oxygens (including phenoxy) is 1. The van der Waals surface area contributed by atoms with E-state index in [4.69, 9.17) is 4.74 Å². The minimum Gasteiger partial charge on any atom is -0.495 e.